The fraction of sp³-hybridized carbons (Fsp3) is 0.714. The first kappa shape index (κ1) is 15.2. The summed E-state index contributed by atoms with van der Waals surface area (Å²) in [5, 5.41) is 3.24. The molecule has 18 heavy (non-hydrogen) atoms. The van der Waals surface area contributed by atoms with Gasteiger partial charge in [0, 0.05) is 20.1 Å². The second-order valence-corrected chi connectivity index (χ2v) is 5.62. The van der Waals surface area contributed by atoms with E-state index in [9.17, 15) is 4.79 Å². The monoisotopic (exact) mass is 268 g/mol. The van der Waals surface area contributed by atoms with E-state index in [1.807, 2.05) is 11.9 Å². The molecule has 0 spiro atoms. The van der Waals surface area contributed by atoms with E-state index in [0.29, 0.717) is 10.2 Å². The molecular weight excluding hydrogens is 244 g/mol. The van der Waals surface area contributed by atoms with Crippen LogP contribution in [-0.4, -0.2) is 20.1 Å². The van der Waals surface area contributed by atoms with Crippen LogP contribution in [-0.2, 0) is 0 Å². The lowest BCUT2D eigenvalue weighted by atomic mass is 10.1. The first-order chi connectivity index (χ1) is 8.49. The summed E-state index contributed by atoms with van der Waals surface area (Å²) in [6.07, 6.45) is 3.55. The predicted octanol–water partition coefficient (Wildman–Crippen LogP) is 3.35. The van der Waals surface area contributed by atoms with Crippen LogP contribution in [0.1, 0.15) is 40.0 Å². The van der Waals surface area contributed by atoms with Gasteiger partial charge in [-0.3, -0.25) is 4.79 Å². The lowest BCUT2D eigenvalue weighted by Crippen LogP contribution is -2.28. The van der Waals surface area contributed by atoms with Gasteiger partial charge in [-0.2, -0.15) is 0 Å². The Kier molecular flexibility index (Phi) is 5.79. The van der Waals surface area contributed by atoms with E-state index in [1.165, 1.54) is 12.8 Å². The standard InChI is InChI=1S/C14H24N2OS/c1-5-16(4)12-11(13(17)14(12)18)15-9-7-6-8-10(2)3/h10,15H,5-9H2,1-4H3. The van der Waals surface area contributed by atoms with Gasteiger partial charge in [-0.25, -0.2) is 0 Å². The normalized spacial score (nSPS) is 11.2. The van der Waals surface area contributed by atoms with Gasteiger partial charge in [0.1, 0.15) is 10.2 Å². The molecule has 1 N–H and O–H groups in total. The van der Waals surface area contributed by atoms with E-state index >= 15 is 0 Å². The van der Waals surface area contributed by atoms with Gasteiger partial charge in [-0.05, 0) is 19.3 Å². The van der Waals surface area contributed by atoms with Crippen molar-refractivity contribution in [3.05, 3.63) is 14.7 Å². The lowest BCUT2D eigenvalue weighted by molar-refractivity contribution is 0.544. The quantitative estimate of drug-likeness (QED) is 0.579. The molecule has 0 radical (unpaired) electrons. The van der Waals surface area contributed by atoms with Crippen molar-refractivity contribution >= 4 is 23.6 Å². The summed E-state index contributed by atoms with van der Waals surface area (Å²) in [5.74, 6) is 0.754. The van der Waals surface area contributed by atoms with Gasteiger partial charge in [-0.1, -0.05) is 38.9 Å². The summed E-state index contributed by atoms with van der Waals surface area (Å²) < 4.78 is 0.476. The highest BCUT2D eigenvalue weighted by Gasteiger charge is 2.19. The van der Waals surface area contributed by atoms with Crippen molar-refractivity contribution < 1.29 is 0 Å². The minimum absolute atomic E-state index is 0.00385. The Bertz CT molecular complexity index is 447. The molecule has 0 aromatic heterocycles. The molecule has 0 bridgehead atoms. The first-order valence-electron chi connectivity index (χ1n) is 6.77. The summed E-state index contributed by atoms with van der Waals surface area (Å²) in [4.78, 5) is 13.7. The molecule has 1 rings (SSSR count). The van der Waals surface area contributed by atoms with Gasteiger partial charge in [-0.15, -0.1) is 0 Å². The minimum atomic E-state index is 0.00385. The van der Waals surface area contributed by atoms with Crippen LogP contribution in [0.15, 0.2) is 4.79 Å². The topological polar surface area (TPSA) is 32.3 Å². The summed E-state index contributed by atoms with van der Waals surface area (Å²) in [6.45, 7) is 8.24. The highest BCUT2D eigenvalue weighted by atomic mass is 32.1. The summed E-state index contributed by atoms with van der Waals surface area (Å²) in [7, 11) is 1.97. The fourth-order valence-corrected chi connectivity index (χ4v) is 2.32. The predicted molar refractivity (Wildman–Crippen MR) is 82.0 cm³/mol. The molecule has 0 saturated carbocycles. The second-order valence-electron chi connectivity index (χ2n) is 5.21. The Balaban J connectivity index is 2.46. The first-order valence-corrected chi connectivity index (χ1v) is 7.18. The van der Waals surface area contributed by atoms with Gasteiger partial charge in [0.05, 0.1) is 5.69 Å². The molecule has 0 unspecified atom stereocenters. The van der Waals surface area contributed by atoms with Crippen LogP contribution in [0.5, 0.6) is 0 Å². The van der Waals surface area contributed by atoms with Crippen LogP contribution >= 0.6 is 12.2 Å². The molecule has 0 heterocycles. The van der Waals surface area contributed by atoms with E-state index in [1.54, 1.807) is 0 Å². The maximum Gasteiger partial charge on any atom is 0.223 e. The fourth-order valence-electron chi connectivity index (χ4n) is 1.96. The molecule has 0 fully saturated rings. The maximum absolute atomic E-state index is 11.7. The molecule has 0 atom stereocenters. The maximum atomic E-state index is 11.7. The van der Waals surface area contributed by atoms with Crippen molar-refractivity contribution in [3.63, 3.8) is 0 Å². The SMILES string of the molecule is CCN(C)c1c(NCCCCC(C)C)c(=O)c1=S. The largest absolute Gasteiger partial charge is 0.380 e. The van der Waals surface area contributed by atoms with Crippen molar-refractivity contribution in [1.82, 2.24) is 0 Å². The van der Waals surface area contributed by atoms with Crippen molar-refractivity contribution in [2.75, 3.05) is 30.4 Å². The summed E-state index contributed by atoms with van der Waals surface area (Å²) in [6, 6.07) is 0. The minimum Gasteiger partial charge on any atom is -0.380 e. The smallest absolute Gasteiger partial charge is 0.223 e. The molecule has 0 saturated heterocycles. The number of unbranched alkanes of at least 4 members (excludes halogenated alkanes) is 1. The van der Waals surface area contributed by atoms with E-state index < -0.39 is 0 Å². The molecule has 0 aliphatic heterocycles. The molecule has 4 heteroatoms. The van der Waals surface area contributed by atoms with Crippen molar-refractivity contribution in [2.45, 2.75) is 40.0 Å². The molecule has 0 aliphatic rings. The molecular formula is C14H24N2OS. The lowest BCUT2D eigenvalue weighted by Gasteiger charge is -2.23. The second kappa shape index (κ2) is 6.88. The number of rotatable bonds is 8. The summed E-state index contributed by atoms with van der Waals surface area (Å²) >= 11 is 5.09. The Labute approximate surface area is 115 Å². The van der Waals surface area contributed by atoms with Gasteiger partial charge < -0.3 is 10.2 Å². The number of anilines is 2. The molecule has 0 aliphatic carbocycles. The molecule has 3 nitrogen and oxygen atoms in total. The third-order valence-electron chi connectivity index (χ3n) is 3.25. The number of nitrogens with one attached hydrogen (secondary N) is 1. The van der Waals surface area contributed by atoms with Crippen LogP contribution in [0.4, 0.5) is 11.4 Å². The number of hydrogen-bond acceptors (Lipinski definition) is 4. The number of nitrogens with zero attached hydrogens (tertiary/aromatic N) is 1. The average molecular weight is 268 g/mol. The van der Waals surface area contributed by atoms with E-state index in [0.717, 1.165) is 31.1 Å². The Morgan fingerprint density at radius 2 is 2.00 bits per heavy atom. The Morgan fingerprint density at radius 3 is 2.56 bits per heavy atom. The van der Waals surface area contributed by atoms with Gasteiger partial charge in [0.15, 0.2) is 0 Å². The highest BCUT2D eigenvalue weighted by Crippen LogP contribution is 2.26. The molecule has 102 valence electrons. The average Bonchev–Trinajstić information content (AvgIpc) is 2.35. The van der Waals surface area contributed by atoms with Crippen LogP contribution in [0, 0.1) is 10.4 Å². The van der Waals surface area contributed by atoms with E-state index in [2.05, 4.69) is 26.1 Å². The molecule has 1 aromatic carbocycles. The van der Waals surface area contributed by atoms with Crippen molar-refractivity contribution in [3.8, 4) is 0 Å². The van der Waals surface area contributed by atoms with Crippen LogP contribution in [0.25, 0.3) is 0 Å². The highest BCUT2D eigenvalue weighted by molar-refractivity contribution is 7.71. The van der Waals surface area contributed by atoms with Gasteiger partial charge in [0.2, 0.25) is 5.43 Å². The molecule has 0 amide bonds. The summed E-state index contributed by atoms with van der Waals surface area (Å²) in [5.41, 5.74) is 1.64. The zero-order valence-electron chi connectivity index (χ0n) is 11.9. The van der Waals surface area contributed by atoms with Crippen LogP contribution in [0.2, 0.25) is 0 Å². The van der Waals surface area contributed by atoms with Gasteiger partial charge >= 0.3 is 0 Å². The van der Waals surface area contributed by atoms with Crippen molar-refractivity contribution in [1.29, 1.82) is 0 Å². The third-order valence-corrected chi connectivity index (χ3v) is 3.63. The Hall–Kier alpha value is -0.900. The molecule has 1 aromatic rings. The zero-order valence-corrected chi connectivity index (χ0v) is 12.7. The van der Waals surface area contributed by atoms with E-state index in [4.69, 9.17) is 12.2 Å². The van der Waals surface area contributed by atoms with Gasteiger partial charge in [0.25, 0.3) is 0 Å². The third kappa shape index (κ3) is 3.55. The zero-order chi connectivity index (χ0) is 13.7. The van der Waals surface area contributed by atoms with Crippen LogP contribution < -0.4 is 15.6 Å². The number of hydrogen-bond donors (Lipinski definition) is 1. The van der Waals surface area contributed by atoms with Crippen LogP contribution in [0.3, 0.4) is 0 Å². The Morgan fingerprint density at radius 1 is 1.33 bits per heavy atom. The van der Waals surface area contributed by atoms with Crippen molar-refractivity contribution in [2.24, 2.45) is 5.92 Å². The van der Waals surface area contributed by atoms with E-state index in [-0.39, 0.29) is 5.43 Å².